The summed E-state index contributed by atoms with van der Waals surface area (Å²) in [4.78, 5) is 24.2. The largest absolute Gasteiger partial charge is 0.356 e. The van der Waals surface area contributed by atoms with E-state index in [-0.39, 0.29) is 11.7 Å². The van der Waals surface area contributed by atoms with E-state index >= 15 is 0 Å². The van der Waals surface area contributed by atoms with Crippen LogP contribution in [-0.4, -0.2) is 47.0 Å². The van der Waals surface area contributed by atoms with Crippen molar-refractivity contribution in [1.82, 2.24) is 14.9 Å². The number of carbonyl (C=O) groups excluding carboxylic acids is 1. The van der Waals surface area contributed by atoms with E-state index in [4.69, 9.17) is 0 Å². The first-order valence-corrected chi connectivity index (χ1v) is 9.19. The van der Waals surface area contributed by atoms with Gasteiger partial charge in [0.05, 0.1) is 11.9 Å². The summed E-state index contributed by atoms with van der Waals surface area (Å²) in [5.74, 6) is -0.191. The van der Waals surface area contributed by atoms with E-state index in [9.17, 15) is 9.18 Å². The molecule has 1 aliphatic rings. The molecule has 130 valence electrons. The molecule has 0 aliphatic carbocycles. The van der Waals surface area contributed by atoms with Crippen molar-refractivity contribution in [1.29, 1.82) is 0 Å². The topological polar surface area (TPSA) is 52.2 Å². The number of anilines is 1. The van der Waals surface area contributed by atoms with Gasteiger partial charge >= 0.3 is 0 Å². The van der Waals surface area contributed by atoms with Gasteiger partial charge in [0.1, 0.15) is 5.82 Å². The molecular formula is C18H19FN4OS. The van der Waals surface area contributed by atoms with E-state index < -0.39 is 0 Å². The average Bonchev–Trinajstić information content (AvgIpc) is 3.25. The van der Waals surface area contributed by atoms with Crippen LogP contribution in [0, 0.1) is 12.7 Å². The number of para-hydroxylation sites is 1. The number of aryl methyl sites for hydroxylation is 1. The van der Waals surface area contributed by atoms with E-state index in [2.05, 4.69) is 14.9 Å². The van der Waals surface area contributed by atoms with Crippen LogP contribution in [0.3, 0.4) is 0 Å². The maximum Gasteiger partial charge on any atom is 0.227 e. The Kier molecular flexibility index (Phi) is 4.17. The molecule has 0 saturated carbocycles. The van der Waals surface area contributed by atoms with Crippen LogP contribution >= 0.6 is 11.3 Å². The summed E-state index contributed by atoms with van der Waals surface area (Å²) < 4.78 is 13.9. The highest BCUT2D eigenvalue weighted by Gasteiger charge is 2.24. The van der Waals surface area contributed by atoms with Gasteiger partial charge in [0.15, 0.2) is 5.13 Å². The number of amides is 1. The highest BCUT2D eigenvalue weighted by molar-refractivity contribution is 7.13. The predicted octanol–water partition coefficient (Wildman–Crippen LogP) is 2.96. The third-order valence-corrected chi connectivity index (χ3v) is 5.59. The Morgan fingerprint density at radius 2 is 2.12 bits per heavy atom. The van der Waals surface area contributed by atoms with Crippen molar-refractivity contribution in [2.75, 3.05) is 31.1 Å². The Labute approximate surface area is 149 Å². The summed E-state index contributed by atoms with van der Waals surface area (Å²) in [7, 11) is 0. The zero-order valence-electron chi connectivity index (χ0n) is 14.0. The van der Waals surface area contributed by atoms with Crippen molar-refractivity contribution < 1.29 is 9.18 Å². The van der Waals surface area contributed by atoms with Crippen molar-refractivity contribution in [3.63, 3.8) is 0 Å². The van der Waals surface area contributed by atoms with Crippen molar-refractivity contribution in [2.45, 2.75) is 13.3 Å². The minimum Gasteiger partial charge on any atom is -0.356 e. The first kappa shape index (κ1) is 16.1. The number of hydrogen-bond acceptors (Lipinski definition) is 4. The monoisotopic (exact) mass is 358 g/mol. The maximum atomic E-state index is 13.9. The quantitative estimate of drug-likeness (QED) is 0.783. The van der Waals surface area contributed by atoms with Crippen LogP contribution in [0.4, 0.5) is 9.52 Å². The number of piperazine rings is 1. The number of fused-ring (bicyclic) bond motifs is 1. The second kappa shape index (κ2) is 6.48. The number of aromatic nitrogens is 2. The molecule has 0 radical (unpaired) electrons. The van der Waals surface area contributed by atoms with Crippen LogP contribution in [0.15, 0.2) is 29.8 Å². The Bertz CT molecular complexity index is 897. The number of hydrogen-bond donors (Lipinski definition) is 1. The van der Waals surface area contributed by atoms with E-state index in [0.29, 0.717) is 25.0 Å². The number of nitrogens with zero attached hydrogens (tertiary/aromatic N) is 3. The van der Waals surface area contributed by atoms with Crippen molar-refractivity contribution >= 4 is 33.3 Å². The van der Waals surface area contributed by atoms with Gasteiger partial charge < -0.3 is 14.8 Å². The first-order valence-electron chi connectivity index (χ1n) is 8.31. The average molecular weight is 358 g/mol. The van der Waals surface area contributed by atoms with Crippen LogP contribution in [0.25, 0.3) is 10.9 Å². The fourth-order valence-electron chi connectivity index (χ4n) is 3.38. The van der Waals surface area contributed by atoms with Crippen molar-refractivity contribution in [2.24, 2.45) is 0 Å². The maximum absolute atomic E-state index is 13.9. The Morgan fingerprint density at radius 1 is 1.32 bits per heavy atom. The minimum atomic E-state index is -0.281. The van der Waals surface area contributed by atoms with Crippen molar-refractivity contribution in [3.05, 3.63) is 46.9 Å². The number of halogens is 1. The third-order valence-electron chi connectivity index (χ3n) is 4.75. The molecule has 0 atom stereocenters. The Morgan fingerprint density at radius 3 is 2.84 bits per heavy atom. The zero-order chi connectivity index (χ0) is 17.4. The van der Waals surface area contributed by atoms with Gasteiger partial charge in [-0.25, -0.2) is 9.37 Å². The van der Waals surface area contributed by atoms with Crippen LogP contribution in [0.2, 0.25) is 0 Å². The molecule has 1 N–H and O–H groups in total. The lowest BCUT2D eigenvalue weighted by atomic mass is 10.1. The normalized spacial score (nSPS) is 15.1. The lowest BCUT2D eigenvalue weighted by Crippen LogP contribution is -2.49. The SMILES string of the molecule is Cc1[nH]c2c(F)cccc2c1CC(=O)N1CCN(c2nccs2)CC1. The van der Waals surface area contributed by atoms with E-state index in [1.807, 2.05) is 23.3 Å². The summed E-state index contributed by atoms with van der Waals surface area (Å²) in [5, 5.41) is 3.77. The summed E-state index contributed by atoms with van der Waals surface area (Å²) in [6.07, 6.45) is 2.10. The molecule has 5 nitrogen and oxygen atoms in total. The molecule has 1 amide bonds. The standard InChI is InChI=1S/C18H19FN4OS/c1-12-14(13-3-2-4-15(19)17(13)21-12)11-16(24)22-6-8-23(9-7-22)18-20-5-10-25-18/h2-5,10,21H,6-9,11H2,1H3. The lowest BCUT2D eigenvalue weighted by Gasteiger charge is -2.34. The minimum absolute atomic E-state index is 0.0899. The molecule has 3 heterocycles. The summed E-state index contributed by atoms with van der Waals surface area (Å²) in [6.45, 7) is 4.85. The second-order valence-electron chi connectivity index (χ2n) is 6.25. The summed E-state index contributed by atoms with van der Waals surface area (Å²) in [5.41, 5.74) is 2.23. The molecule has 0 bridgehead atoms. The van der Waals surface area contributed by atoms with Gasteiger partial charge in [0.25, 0.3) is 0 Å². The Balaban J connectivity index is 1.46. The molecule has 1 fully saturated rings. The summed E-state index contributed by atoms with van der Waals surface area (Å²) in [6, 6.07) is 4.98. The smallest absolute Gasteiger partial charge is 0.227 e. The van der Waals surface area contributed by atoms with Crippen molar-refractivity contribution in [3.8, 4) is 0 Å². The number of thiazole rings is 1. The zero-order valence-corrected chi connectivity index (χ0v) is 14.8. The molecular weight excluding hydrogens is 339 g/mol. The third kappa shape index (κ3) is 3.00. The lowest BCUT2D eigenvalue weighted by molar-refractivity contribution is -0.130. The Hall–Kier alpha value is -2.41. The van der Waals surface area contributed by atoms with Crippen LogP contribution < -0.4 is 4.90 Å². The number of nitrogens with one attached hydrogen (secondary N) is 1. The van der Waals surface area contributed by atoms with Gasteiger partial charge in [-0.3, -0.25) is 4.79 Å². The van der Waals surface area contributed by atoms with Gasteiger partial charge in [-0.1, -0.05) is 12.1 Å². The fourth-order valence-corrected chi connectivity index (χ4v) is 4.07. The number of rotatable bonds is 3. The number of carbonyl (C=O) groups is 1. The molecule has 4 rings (SSSR count). The van der Waals surface area contributed by atoms with Gasteiger partial charge in [0.2, 0.25) is 5.91 Å². The van der Waals surface area contributed by atoms with Crippen LogP contribution in [0.1, 0.15) is 11.3 Å². The highest BCUT2D eigenvalue weighted by Crippen LogP contribution is 2.25. The molecule has 1 saturated heterocycles. The predicted molar refractivity (Wildman–Crippen MR) is 97.6 cm³/mol. The number of aromatic amines is 1. The molecule has 7 heteroatoms. The van der Waals surface area contributed by atoms with Crippen LogP contribution in [0.5, 0.6) is 0 Å². The van der Waals surface area contributed by atoms with E-state index in [1.54, 1.807) is 23.6 Å². The molecule has 2 aromatic heterocycles. The van der Waals surface area contributed by atoms with Gasteiger partial charge in [-0.05, 0) is 18.6 Å². The van der Waals surface area contributed by atoms with E-state index in [1.165, 1.54) is 6.07 Å². The van der Waals surface area contributed by atoms with Crippen LogP contribution in [-0.2, 0) is 11.2 Å². The van der Waals surface area contributed by atoms with Gasteiger partial charge in [-0.15, -0.1) is 11.3 Å². The molecule has 1 aliphatic heterocycles. The molecule has 0 spiro atoms. The van der Waals surface area contributed by atoms with Gasteiger partial charge in [-0.2, -0.15) is 0 Å². The molecule has 0 unspecified atom stereocenters. The molecule has 1 aromatic carbocycles. The second-order valence-corrected chi connectivity index (χ2v) is 7.12. The fraction of sp³-hybridized carbons (Fsp3) is 0.333. The molecule has 3 aromatic rings. The highest BCUT2D eigenvalue weighted by atomic mass is 32.1. The van der Waals surface area contributed by atoms with Gasteiger partial charge in [0, 0.05) is 48.8 Å². The van der Waals surface area contributed by atoms with E-state index in [0.717, 1.165) is 34.9 Å². The summed E-state index contributed by atoms with van der Waals surface area (Å²) >= 11 is 1.62. The first-order chi connectivity index (χ1) is 12.1. The molecule has 25 heavy (non-hydrogen) atoms. The number of H-pyrrole nitrogens is 1. The number of benzene rings is 1.